The monoisotopic (exact) mass is 657 g/mol. The van der Waals surface area contributed by atoms with Crippen molar-refractivity contribution in [3.05, 3.63) is 138 Å². The lowest BCUT2D eigenvalue weighted by atomic mass is 9.99. The molecule has 0 unspecified atom stereocenters. The molecule has 0 N–H and O–H groups in total. The van der Waals surface area contributed by atoms with Crippen LogP contribution in [0, 0.1) is 6.92 Å². The first-order valence-corrected chi connectivity index (χ1v) is 17.3. The van der Waals surface area contributed by atoms with Crippen LogP contribution in [-0.2, 0) is 19.8 Å². The van der Waals surface area contributed by atoms with E-state index in [1.165, 1.54) is 5.56 Å². The second-order valence-electron chi connectivity index (χ2n) is 13.0. The summed E-state index contributed by atoms with van der Waals surface area (Å²) in [5, 5.41) is 0. The first kappa shape index (κ1) is 32.7. The molecule has 7 rings (SSSR count). The molecule has 0 spiro atoms. The number of piperidine rings is 1. The molecule has 2 aliphatic heterocycles. The molecular formula is C41H44FN5O2. The summed E-state index contributed by atoms with van der Waals surface area (Å²) in [4.78, 5) is 16.8. The Morgan fingerprint density at radius 3 is 1.94 bits per heavy atom. The Morgan fingerprint density at radius 1 is 0.673 bits per heavy atom. The van der Waals surface area contributed by atoms with Crippen molar-refractivity contribution >= 4 is 5.69 Å². The van der Waals surface area contributed by atoms with Crippen LogP contribution in [0.2, 0.25) is 0 Å². The molecule has 0 bridgehead atoms. The third-order valence-corrected chi connectivity index (χ3v) is 9.59. The lowest BCUT2D eigenvalue weighted by Crippen LogP contribution is -2.57. The zero-order valence-corrected chi connectivity index (χ0v) is 28.1. The number of rotatable bonds is 11. The van der Waals surface area contributed by atoms with Crippen molar-refractivity contribution in [2.45, 2.75) is 45.3 Å². The Kier molecular flexibility index (Phi) is 10.4. The maximum absolute atomic E-state index is 15.8. The number of nitrogens with zero attached hydrogens (tertiary/aromatic N) is 5. The predicted molar refractivity (Wildman–Crippen MR) is 193 cm³/mol. The third kappa shape index (κ3) is 8.27. The standard InChI is InChI=1S/C41H44FN5O2/c1-31-38(47-22-21-39(36(42)28-47)46-25-23-45(24-26-46)27-32-11-5-2-6-12-32)19-18-37(43-31)35-17-20-40(48-29-33-13-7-3-8-14-33)44-41(35)49-30-34-15-9-4-10-16-34/h2-20,36,39H,21-30H2,1H3/t36-,39+/m1/s1. The topological polar surface area (TPSA) is 54.0 Å². The molecule has 4 heterocycles. The van der Waals surface area contributed by atoms with E-state index in [4.69, 9.17) is 19.4 Å². The second kappa shape index (κ2) is 15.6. The number of aromatic nitrogens is 2. The molecular weight excluding hydrogens is 613 g/mol. The number of piperazine rings is 1. The summed E-state index contributed by atoms with van der Waals surface area (Å²) < 4.78 is 28.1. The molecule has 49 heavy (non-hydrogen) atoms. The maximum Gasteiger partial charge on any atom is 0.226 e. The van der Waals surface area contributed by atoms with E-state index < -0.39 is 6.17 Å². The Bertz CT molecular complexity index is 1780. The van der Waals surface area contributed by atoms with Gasteiger partial charge in [-0.15, -0.1) is 0 Å². The number of halogens is 1. The fourth-order valence-electron chi connectivity index (χ4n) is 6.92. The van der Waals surface area contributed by atoms with Gasteiger partial charge in [0.25, 0.3) is 0 Å². The van der Waals surface area contributed by atoms with Gasteiger partial charge in [-0.05, 0) is 48.2 Å². The molecule has 2 aromatic heterocycles. The highest BCUT2D eigenvalue weighted by Crippen LogP contribution is 2.34. The Balaban J connectivity index is 1.01. The van der Waals surface area contributed by atoms with Crippen LogP contribution in [0.3, 0.4) is 0 Å². The van der Waals surface area contributed by atoms with Crippen LogP contribution in [0.4, 0.5) is 10.1 Å². The molecule has 252 valence electrons. The molecule has 2 fully saturated rings. The van der Waals surface area contributed by atoms with Gasteiger partial charge in [0.1, 0.15) is 19.4 Å². The number of pyridine rings is 2. The van der Waals surface area contributed by atoms with E-state index in [1.807, 2.05) is 85.8 Å². The Hall–Kier alpha value is -4.79. The number of aryl methyl sites for hydroxylation is 1. The van der Waals surface area contributed by atoms with E-state index in [1.54, 1.807) is 0 Å². The summed E-state index contributed by atoms with van der Waals surface area (Å²) in [6, 6.07) is 38.5. The van der Waals surface area contributed by atoms with Crippen molar-refractivity contribution in [1.82, 2.24) is 19.8 Å². The van der Waals surface area contributed by atoms with Gasteiger partial charge in [-0.25, -0.2) is 4.39 Å². The first-order valence-electron chi connectivity index (χ1n) is 17.3. The van der Waals surface area contributed by atoms with E-state index in [0.29, 0.717) is 31.5 Å². The Labute approximate surface area is 289 Å². The summed E-state index contributed by atoms with van der Waals surface area (Å²) >= 11 is 0. The third-order valence-electron chi connectivity index (χ3n) is 9.59. The van der Waals surface area contributed by atoms with Gasteiger partial charge >= 0.3 is 0 Å². The molecule has 2 saturated heterocycles. The number of benzene rings is 3. The minimum absolute atomic E-state index is 0.0410. The minimum atomic E-state index is -0.917. The predicted octanol–water partition coefficient (Wildman–Crippen LogP) is 7.34. The van der Waals surface area contributed by atoms with E-state index in [-0.39, 0.29) is 6.04 Å². The van der Waals surface area contributed by atoms with Crippen molar-refractivity contribution in [2.24, 2.45) is 0 Å². The number of hydrogen-bond donors (Lipinski definition) is 0. The SMILES string of the molecule is Cc1nc(-c2ccc(OCc3ccccc3)nc2OCc2ccccc2)ccc1N1CC[C@H](N2CCN(Cc3ccccc3)CC2)[C@H](F)C1. The number of anilines is 1. The first-order chi connectivity index (χ1) is 24.1. The largest absolute Gasteiger partial charge is 0.473 e. The van der Waals surface area contributed by atoms with Crippen molar-refractivity contribution < 1.29 is 13.9 Å². The van der Waals surface area contributed by atoms with Gasteiger partial charge < -0.3 is 14.4 Å². The molecule has 0 saturated carbocycles. The van der Waals surface area contributed by atoms with E-state index >= 15 is 4.39 Å². The fourth-order valence-corrected chi connectivity index (χ4v) is 6.92. The van der Waals surface area contributed by atoms with Crippen LogP contribution >= 0.6 is 0 Å². The number of hydrogen-bond acceptors (Lipinski definition) is 7. The van der Waals surface area contributed by atoms with Gasteiger partial charge in [0, 0.05) is 51.4 Å². The van der Waals surface area contributed by atoms with E-state index in [2.05, 4.69) is 51.1 Å². The second-order valence-corrected chi connectivity index (χ2v) is 13.0. The maximum atomic E-state index is 15.8. The van der Waals surface area contributed by atoms with Crippen molar-refractivity contribution in [1.29, 1.82) is 0 Å². The quantitative estimate of drug-likeness (QED) is 0.147. The lowest BCUT2D eigenvalue weighted by Gasteiger charge is -2.45. The fraction of sp³-hybridized carbons (Fsp3) is 0.317. The molecule has 2 atom stereocenters. The van der Waals surface area contributed by atoms with Gasteiger partial charge in [0.05, 0.1) is 29.2 Å². The summed E-state index contributed by atoms with van der Waals surface area (Å²) in [7, 11) is 0. The zero-order chi connectivity index (χ0) is 33.4. The van der Waals surface area contributed by atoms with Crippen molar-refractivity contribution in [3.8, 4) is 23.0 Å². The summed E-state index contributed by atoms with van der Waals surface area (Å²) in [6.07, 6.45) is -0.119. The molecule has 7 nitrogen and oxygen atoms in total. The lowest BCUT2D eigenvalue weighted by molar-refractivity contribution is 0.0431. The van der Waals surface area contributed by atoms with Gasteiger partial charge in [0.15, 0.2) is 0 Å². The molecule has 8 heteroatoms. The van der Waals surface area contributed by atoms with Gasteiger partial charge in [-0.1, -0.05) is 91.0 Å². The van der Waals surface area contributed by atoms with Gasteiger partial charge in [-0.3, -0.25) is 14.8 Å². The van der Waals surface area contributed by atoms with Crippen LogP contribution in [0.15, 0.2) is 115 Å². The zero-order valence-electron chi connectivity index (χ0n) is 28.1. The van der Waals surface area contributed by atoms with E-state index in [0.717, 1.165) is 79.5 Å². The van der Waals surface area contributed by atoms with E-state index in [9.17, 15) is 0 Å². The molecule has 0 radical (unpaired) electrons. The average molecular weight is 658 g/mol. The minimum Gasteiger partial charge on any atom is -0.473 e. The smallest absolute Gasteiger partial charge is 0.226 e. The number of ether oxygens (including phenoxy) is 2. The van der Waals surface area contributed by atoms with Crippen LogP contribution in [-0.4, -0.2) is 71.2 Å². The van der Waals surface area contributed by atoms with Crippen LogP contribution < -0.4 is 14.4 Å². The van der Waals surface area contributed by atoms with Crippen molar-refractivity contribution in [2.75, 3.05) is 44.2 Å². The summed E-state index contributed by atoms with van der Waals surface area (Å²) in [5.74, 6) is 0.945. The van der Waals surface area contributed by atoms with Crippen LogP contribution in [0.5, 0.6) is 11.8 Å². The normalized spacial score (nSPS) is 18.7. The van der Waals surface area contributed by atoms with Gasteiger partial charge in [0.2, 0.25) is 11.8 Å². The highest BCUT2D eigenvalue weighted by Gasteiger charge is 2.35. The van der Waals surface area contributed by atoms with Crippen LogP contribution in [0.1, 0.15) is 28.8 Å². The molecule has 2 aliphatic rings. The summed E-state index contributed by atoms with van der Waals surface area (Å²) in [5.41, 5.74) is 6.81. The van der Waals surface area contributed by atoms with Gasteiger partial charge in [-0.2, -0.15) is 4.98 Å². The van der Waals surface area contributed by atoms with Crippen molar-refractivity contribution in [3.63, 3.8) is 0 Å². The molecule has 3 aromatic carbocycles. The molecule has 0 aliphatic carbocycles. The highest BCUT2D eigenvalue weighted by molar-refractivity contribution is 5.68. The Morgan fingerprint density at radius 2 is 1.31 bits per heavy atom. The molecule has 0 amide bonds. The number of alkyl halides is 1. The average Bonchev–Trinajstić information content (AvgIpc) is 3.15. The summed E-state index contributed by atoms with van der Waals surface area (Å²) in [6.45, 7) is 8.67. The highest BCUT2D eigenvalue weighted by atomic mass is 19.1. The molecule has 5 aromatic rings. The van der Waals surface area contributed by atoms with Crippen LogP contribution in [0.25, 0.3) is 11.3 Å².